The molecule has 46 heavy (non-hydrogen) atoms. The van der Waals surface area contributed by atoms with E-state index in [4.69, 9.17) is 9.40 Å². The Hall–Kier alpha value is -4.44. The van der Waals surface area contributed by atoms with Gasteiger partial charge in [0, 0.05) is 43.6 Å². The Bertz CT molecular complexity index is 2010. The molecule has 4 aromatic heterocycles. The zero-order chi connectivity index (χ0) is 31.2. The summed E-state index contributed by atoms with van der Waals surface area (Å²) < 4.78 is 6.29. The molecule has 4 heterocycles. The molecule has 0 aliphatic carbocycles. The van der Waals surface area contributed by atoms with Crippen LogP contribution in [0.1, 0.15) is 43.2 Å². The van der Waals surface area contributed by atoms with Crippen LogP contribution in [0.15, 0.2) is 120 Å². The van der Waals surface area contributed by atoms with Gasteiger partial charge in [0.2, 0.25) is 5.71 Å². The van der Waals surface area contributed by atoms with Gasteiger partial charge in [0.05, 0.1) is 5.58 Å². The second-order valence-electron chi connectivity index (χ2n) is 12.6. The molecule has 7 aromatic rings. The standard InChI is InChI=1S/C29H27N2O.C12H10N.Ir/c1-29(2,3)19-21-16-17-30-26(18-21)25-11-7-10-23-24-15-14-22(31-28(24)32-27(23)25)13-12-20-8-5-4-6-9-20;1-10-7-8-12(13-9-10)11-5-3-2-4-6-11;/h4-10,14-18H,12-13,19H2,1-3H3;2-5,7-9H,1H3;/q2*-1;. The number of fused-ring (bicyclic) bond motifs is 3. The Morgan fingerprint density at radius 1 is 0.717 bits per heavy atom. The number of rotatable bonds is 6. The Kier molecular flexibility index (Phi) is 10.6. The molecule has 233 valence electrons. The third-order valence-corrected chi connectivity index (χ3v) is 7.58. The number of hydrogen-bond donors (Lipinski definition) is 0. The first kappa shape index (κ1) is 32.9. The van der Waals surface area contributed by atoms with Gasteiger partial charge in [-0.1, -0.05) is 85.8 Å². The summed E-state index contributed by atoms with van der Waals surface area (Å²) >= 11 is 0. The van der Waals surface area contributed by atoms with Crippen molar-refractivity contribution in [2.24, 2.45) is 5.41 Å². The van der Waals surface area contributed by atoms with Crippen LogP contribution in [0.5, 0.6) is 0 Å². The van der Waals surface area contributed by atoms with Gasteiger partial charge >= 0.3 is 0 Å². The third-order valence-electron chi connectivity index (χ3n) is 7.58. The van der Waals surface area contributed by atoms with Crippen molar-refractivity contribution in [2.45, 2.75) is 47.0 Å². The van der Waals surface area contributed by atoms with Gasteiger partial charge < -0.3 is 14.4 Å². The largest absolute Gasteiger partial charge is 0.486 e. The summed E-state index contributed by atoms with van der Waals surface area (Å²) in [6.45, 7) is 8.78. The quantitative estimate of drug-likeness (QED) is 0.158. The average Bonchev–Trinajstić information content (AvgIpc) is 3.43. The fraction of sp³-hybridized carbons (Fsp3) is 0.195. The van der Waals surface area contributed by atoms with E-state index in [1.165, 1.54) is 16.7 Å². The molecular weight excluding hydrogens is 743 g/mol. The second-order valence-corrected chi connectivity index (χ2v) is 12.6. The monoisotopic (exact) mass is 780 g/mol. The number of hydrogen-bond acceptors (Lipinski definition) is 4. The fourth-order valence-corrected chi connectivity index (χ4v) is 5.42. The van der Waals surface area contributed by atoms with E-state index < -0.39 is 0 Å². The molecule has 0 aliphatic rings. The average molecular weight is 780 g/mol. The molecule has 0 atom stereocenters. The predicted octanol–water partition coefficient (Wildman–Crippen LogP) is 10.1. The number of pyridine rings is 3. The van der Waals surface area contributed by atoms with Gasteiger partial charge in [0.1, 0.15) is 0 Å². The minimum absolute atomic E-state index is 0. The summed E-state index contributed by atoms with van der Waals surface area (Å²) in [7, 11) is 0. The second kappa shape index (κ2) is 14.8. The van der Waals surface area contributed by atoms with Crippen LogP contribution in [0, 0.1) is 24.5 Å². The molecule has 4 nitrogen and oxygen atoms in total. The Morgan fingerprint density at radius 3 is 2.28 bits per heavy atom. The predicted molar refractivity (Wildman–Crippen MR) is 184 cm³/mol. The van der Waals surface area contributed by atoms with Crippen LogP contribution >= 0.6 is 0 Å². The van der Waals surface area contributed by atoms with Crippen LogP contribution in [-0.2, 0) is 39.4 Å². The zero-order valence-corrected chi connectivity index (χ0v) is 29.1. The Balaban J connectivity index is 0.000000250. The number of benzene rings is 3. The molecule has 0 spiro atoms. The Morgan fingerprint density at radius 2 is 1.54 bits per heavy atom. The van der Waals surface area contributed by atoms with E-state index in [2.05, 4.69) is 104 Å². The van der Waals surface area contributed by atoms with E-state index >= 15 is 0 Å². The minimum Gasteiger partial charge on any atom is -0.486 e. The van der Waals surface area contributed by atoms with Crippen LogP contribution in [0.2, 0.25) is 0 Å². The molecule has 3 aromatic carbocycles. The Labute approximate surface area is 285 Å². The van der Waals surface area contributed by atoms with Crippen LogP contribution in [-0.4, -0.2) is 15.0 Å². The fourth-order valence-electron chi connectivity index (χ4n) is 5.42. The van der Waals surface area contributed by atoms with Gasteiger partial charge in [0.25, 0.3) is 0 Å². The van der Waals surface area contributed by atoms with E-state index in [-0.39, 0.29) is 25.5 Å². The normalized spacial score (nSPS) is 11.1. The summed E-state index contributed by atoms with van der Waals surface area (Å²) in [5.74, 6) is 0. The molecule has 0 N–H and O–H groups in total. The van der Waals surface area contributed by atoms with Crippen molar-refractivity contribution >= 4 is 22.1 Å². The zero-order valence-electron chi connectivity index (χ0n) is 26.7. The molecule has 5 heteroatoms. The topological polar surface area (TPSA) is 51.8 Å². The van der Waals surface area contributed by atoms with Gasteiger partial charge in [-0.15, -0.1) is 54.1 Å². The van der Waals surface area contributed by atoms with Crippen molar-refractivity contribution in [1.82, 2.24) is 15.0 Å². The van der Waals surface area contributed by atoms with Crippen molar-refractivity contribution in [3.8, 4) is 22.5 Å². The molecule has 1 radical (unpaired) electrons. The van der Waals surface area contributed by atoms with Gasteiger partial charge in [-0.05, 0) is 72.3 Å². The summed E-state index contributed by atoms with van der Waals surface area (Å²) in [6, 6.07) is 41.4. The maximum absolute atomic E-state index is 6.29. The van der Waals surface area contributed by atoms with Gasteiger partial charge in [-0.3, -0.25) is 0 Å². The number of aryl methyl sites for hydroxylation is 3. The van der Waals surface area contributed by atoms with Crippen molar-refractivity contribution in [3.63, 3.8) is 0 Å². The number of aromatic nitrogens is 3. The van der Waals surface area contributed by atoms with E-state index in [1.807, 2.05) is 61.8 Å². The first-order valence-electron chi connectivity index (χ1n) is 15.4. The summed E-state index contributed by atoms with van der Waals surface area (Å²) in [5, 5.41) is 2.09. The molecule has 0 aliphatic heterocycles. The number of nitrogens with zero attached hydrogens (tertiary/aromatic N) is 3. The first-order chi connectivity index (χ1) is 21.8. The molecule has 7 rings (SSSR count). The number of furan rings is 1. The minimum atomic E-state index is 0. The van der Waals surface area contributed by atoms with E-state index in [0.29, 0.717) is 5.71 Å². The van der Waals surface area contributed by atoms with Crippen molar-refractivity contribution in [3.05, 3.63) is 150 Å². The van der Waals surface area contributed by atoms with E-state index in [0.717, 1.165) is 63.8 Å². The van der Waals surface area contributed by atoms with E-state index in [1.54, 1.807) is 0 Å². The first-order valence-corrected chi connectivity index (χ1v) is 15.4. The molecule has 0 fully saturated rings. The van der Waals surface area contributed by atoms with Crippen LogP contribution < -0.4 is 0 Å². The maximum Gasteiger partial charge on any atom is 0.216 e. The maximum atomic E-state index is 6.29. The van der Waals surface area contributed by atoms with E-state index in [9.17, 15) is 0 Å². The van der Waals surface area contributed by atoms with Crippen LogP contribution in [0.25, 0.3) is 44.6 Å². The van der Waals surface area contributed by atoms with Gasteiger partial charge in [0.15, 0.2) is 0 Å². The summed E-state index contributed by atoms with van der Waals surface area (Å²) in [5.41, 5.74) is 10.3. The van der Waals surface area contributed by atoms with Crippen LogP contribution in [0.4, 0.5) is 0 Å². The molecular formula is C41H37IrN3O-2. The SMILES string of the molecule is CC(C)(C)Cc1ccnc(-c2[c-]ccc3c2oc2nc(CCc4ccccc4)ccc23)c1.Cc1ccc(-c2[c-]cccc2)nc1.[Ir]. The van der Waals surface area contributed by atoms with Gasteiger partial charge in [-0.2, -0.15) is 0 Å². The molecule has 0 saturated carbocycles. The molecule has 0 unspecified atom stereocenters. The smallest absolute Gasteiger partial charge is 0.216 e. The summed E-state index contributed by atoms with van der Waals surface area (Å²) in [6.07, 6.45) is 6.59. The summed E-state index contributed by atoms with van der Waals surface area (Å²) in [4.78, 5) is 13.8. The van der Waals surface area contributed by atoms with Gasteiger partial charge in [-0.25, -0.2) is 4.98 Å². The van der Waals surface area contributed by atoms with Crippen LogP contribution in [0.3, 0.4) is 0 Å². The van der Waals surface area contributed by atoms with Crippen molar-refractivity contribution in [2.75, 3.05) is 0 Å². The van der Waals surface area contributed by atoms with Crippen molar-refractivity contribution < 1.29 is 24.5 Å². The molecule has 0 bridgehead atoms. The third kappa shape index (κ3) is 8.23. The molecule has 0 saturated heterocycles. The van der Waals surface area contributed by atoms with Crippen molar-refractivity contribution in [1.29, 1.82) is 0 Å². The molecule has 0 amide bonds.